The van der Waals surface area contributed by atoms with E-state index in [2.05, 4.69) is 74.7 Å². The highest BCUT2D eigenvalue weighted by Gasteiger charge is 2.43. The zero-order valence-corrected chi connectivity index (χ0v) is 20.5. The average Bonchev–Trinajstić information content (AvgIpc) is 3.22. The summed E-state index contributed by atoms with van der Waals surface area (Å²) in [6.07, 6.45) is 8.77. The van der Waals surface area contributed by atoms with Crippen molar-refractivity contribution in [3.8, 4) is 11.3 Å². The number of imidazole rings is 1. The number of hydrogen-bond donors (Lipinski definition) is 1. The molecule has 30 heavy (non-hydrogen) atoms. The first-order valence-corrected chi connectivity index (χ1v) is 14.5. The SMILES string of the molecule is Cc1cccc2c1-c1c[nH]c[n+]1C2CCC1(F)CCC(O[Si](C)(C)C(C)(C)C)CC1. The van der Waals surface area contributed by atoms with Gasteiger partial charge in [-0.3, -0.25) is 0 Å². The maximum atomic E-state index is 15.8. The summed E-state index contributed by atoms with van der Waals surface area (Å²) in [4.78, 5) is 3.24. The van der Waals surface area contributed by atoms with E-state index in [9.17, 15) is 0 Å². The number of halogens is 1. The van der Waals surface area contributed by atoms with Crippen molar-refractivity contribution < 1.29 is 13.4 Å². The Morgan fingerprint density at radius 1 is 1.23 bits per heavy atom. The molecule has 1 aliphatic carbocycles. The monoisotopic (exact) mass is 429 g/mol. The van der Waals surface area contributed by atoms with Crippen LogP contribution in [0.3, 0.4) is 0 Å². The summed E-state index contributed by atoms with van der Waals surface area (Å²) in [6, 6.07) is 6.75. The maximum Gasteiger partial charge on any atom is 0.242 e. The second-order valence-corrected chi connectivity index (χ2v) is 15.8. The van der Waals surface area contributed by atoms with E-state index in [-0.39, 0.29) is 17.2 Å². The fraction of sp³-hybridized carbons (Fsp3) is 0.640. The molecule has 164 valence electrons. The molecule has 0 radical (unpaired) electrons. The third-order valence-corrected chi connectivity index (χ3v) is 12.5. The predicted octanol–water partition coefficient (Wildman–Crippen LogP) is 6.63. The summed E-state index contributed by atoms with van der Waals surface area (Å²) in [7, 11) is -1.78. The van der Waals surface area contributed by atoms with Crippen LogP contribution >= 0.6 is 0 Å². The number of aromatic nitrogens is 2. The van der Waals surface area contributed by atoms with Crippen LogP contribution in [0.25, 0.3) is 11.3 Å². The van der Waals surface area contributed by atoms with E-state index >= 15 is 4.39 Å². The van der Waals surface area contributed by atoms with Crippen molar-refractivity contribution in [3.63, 3.8) is 0 Å². The summed E-state index contributed by atoms with van der Waals surface area (Å²) in [5.41, 5.74) is 4.13. The molecule has 0 spiro atoms. The van der Waals surface area contributed by atoms with Crippen LogP contribution < -0.4 is 4.57 Å². The van der Waals surface area contributed by atoms with Crippen molar-refractivity contribution >= 4 is 8.32 Å². The first kappa shape index (κ1) is 21.8. The van der Waals surface area contributed by atoms with Gasteiger partial charge in [-0.15, -0.1) is 0 Å². The molecule has 2 aliphatic rings. The first-order chi connectivity index (χ1) is 14.0. The fourth-order valence-electron chi connectivity index (χ4n) is 5.03. The number of aromatic amines is 1. The topological polar surface area (TPSA) is 28.9 Å². The molecule has 5 heteroatoms. The minimum Gasteiger partial charge on any atom is -0.414 e. The van der Waals surface area contributed by atoms with Crippen LogP contribution in [0.1, 0.15) is 76.5 Å². The van der Waals surface area contributed by atoms with Crippen LogP contribution in [0, 0.1) is 6.92 Å². The molecule has 0 saturated heterocycles. The lowest BCUT2D eigenvalue weighted by atomic mass is 9.80. The zero-order chi connectivity index (χ0) is 21.7. The van der Waals surface area contributed by atoms with Gasteiger partial charge < -0.3 is 4.43 Å². The van der Waals surface area contributed by atoms with Crippen LogP contribution in [0.5, 0.6) is 0 Å². The highest BCUT2D eigenvalue weighted by Crippen LogP contribution is 2.44. The summed E-state index contributed by atoms with van der Waals surface area (Å²) in [5.74, 6) is 0. The molecule has 2 aromatic rings. The molecule has 1 N–H and O–H groups in total. The van der Waals surface area contributed by atoms with Gasteiger partial charge in [0, 0.05) is 17.2 Å². The number of nitrogens with one attached hydrogen (secondary N) is 1. The minimum atomic E-state index is -1.78. The molecule has 1 aromatic heterocycles. The molecule has 1 atom stereocenters. The maximum absolute atomic E-state index is 15.8. The number of H-pyrrole nitrogens is 1. The van der Waals surface area contributed by atoms with Gasteiger partial charge in [0.2, 0.25) is 6.33 Å². The fourth-order valence-corrected chi connectivity index (χ4v) is 6.45. The number of nitrogens with zero attached hydrogens (tertiary/aromatic N) is 1. The molecule has 1 aromatic carbocycles. The van der Waals surface area contributed by atoms with Crippen LogP contribution in [0.2, 0.25) is 18.1 Å². The normalized spacial score (nSPS) is 26.5. The molecule has 0 amide bonds. The van der Waals surface area contributed by atoms with Crippen LogP contribution in [-0.4, -0.2) is 25.1 Å². The molecule has 1 aliphatic heterocycles. The van der Waals surface area contributed by atoms with E-state index in [0.29, 0.717) is 19.3 Å². The van der Waals surface area contributed by atoms with Crippen molar-refractivity contribution in [2.75, 3.05) is 0 Å². The van der Waals surface area contributed by atoms with Gasteiger partial charge >= 0.3 is 0 Å². The number of rotatable bonds is 5. The van der Waals surface area contributed by atoms with E-state index in [0.717, 1.165) is 19.3 Å². The lowest BCUT2D eigenvalue weighted by Crippen LogP contribution is -2.46. The summed E-state index contributed by atoms with van der Waals surface area (Å²) >= 11 is 0. The number of alkyl halides is 1. The summed E-state index contributed by atoms with van der Waals surface area (Å²) in [5, 5.41) is 0.205. The first-order valence-electron chi connectivity index (χ1n) is 11.6. The third-order valence-electron chi connectivity index (χ3n) is 7.93. The van der Waals surface area contributed by atoms with E-state index in [1.165, 1.54) is 22.4 Å². The molecule has 2 heterocycles. The predicted molar refractivity (Wildman–Crippen MR) is 123 cm³/mol. The number of aryl methyl sites for hydroxylation is 1. The zero-order valence-electron chi connectivity index (χ0n) is 19.5. The Balaban J connectivity index is 1.40. The van der Waals surface area contributed by atoms with Crippen LogP contribution in [0.4, 0.5) is 4.39 Å². The third kappa shape index (κ3) is 3.91. The van der Waals surface area contributed by atoms with E-state index < -0.39 is 14.0 Å². The molecule has 0 bridgehead atoms. The van der Waals surface area contributed by atoms with E-state index in [1.54, 1.807) is 0 Å². The molecular formula is C25H38FN2OSi+. The van der Waals surface area contributed by atoms with Crippen molar-refractivity contribution in [1.82, 2.24) is 4.98 Å². The quantitative estimate of drug-likeness (QED) is 0.419. The highest BCUT2D eigenvalue weighted by molar-refractivity contribution is 6.74. The number of fused-ring (bicyclic) bond motifs is 3. The van der Waals surface area contributed by atoms with Gasteiger partial charge in [0.25, 0.3) is 0 Å². The Morgan fingerprint density at radius 3 is 2.60 bits per heavy atom. The van der Waals surface area contributed by atoms with Gasteiger partial charge in [-0.25, -0.2) is 13.9 Å². The van der Waals surface area contributed by atoms with Gasteiger partial charge in [0.05, 0.1) is 0 Å². The Morgan fingerprint density at radius 2 is 1.93 bits per heavy atom. The second kappa shape index (κ2) is 7.59. The molecular weight excluding hydrogens is 391 g/mol. The number of benzene rings is 1. The van der Waals surface area contributed by atoms with E-state index in [1.807, 2.05) is 6.33 Å². The summed E-state index contributed by atoms with van der Waals surface area (Å²) in [6.45, 7) is 13.6. The second-order valence-electron chi connectivity index (χ2n) is 11.1. The van der Waals surface area contributed by atoms with Gasteiger partial charge in [-0.2, -0.15) is 0 Å². The van der Waals surface area contributed by atoms with E-state index in [4.69, 9.17) is 4.43 Å². The minimum absolute atomic E-state index is 0.205. The van der Waals surface area contributed by atoms with Crippen molar-refractivity contribution in [3.05, 3.63) is 41.9 Å². The van der Waals surface area contributed by atoms with Crippen LogP contribution in [-0.2, 0) is 4.43 Å². The average molecular weight is 430 g/mol. The van der Waals surface area contributed by atoms with Crippen molar-refractivity contribution in [2.24, 2.45) is 0 Å². The van der Waals surface area contributed by atoms with Gasteiger partial charge in [-0.05, 0) is 69.1 Å². The largest absolute Gasteiger partial charge is 0.414 e. The van der Waals surface area contributed by atoms with Crippen LogP contribution in [0.15, 0.2) is 30.7 Å². The van der Waals surface area contributed by atoms with Gasteiger partial charge in [0.1, 0.15) is 17.9 Å². The number of hydrogen-bond acceptors (Lipinski definition) is 1. The molecule has 3 nitrogen and oxygen atoms in total. The molecule has 1 fully saturated rings. The van der Waals surface area contributed by atoms with Crippen molar-refractivity contribution in [2.45, 2.75) is 102 Å². The Labute approximate surface area is 182 Å². The molecule has 1 saturated carbocycles. The highest BCUT2D eigenvalue weighted by atomic mass is 28.4. The molecule has 4 rings (SSSR count). The smallest absolute Gasteiger partial charge is 0.242 e. The Kier molecular flexibility index (Phi) is 5.51. The lowest BCUT2D eigenvalue weighted by Gasteiger charge is -2.42. The summed E-state index contributed by atoms with van der Waals surface area (Å²) < 4.78 is 24.6. The van der Waals surface area contributed by atoms with Gasteiger partial charge in [0.15, 0.2) is 14.0 Å². The Bertz CT molecular complexity index is 906. The van der Waals surface area contributed by atoms with Gasteiger partial charge in [-0.1, -0.05) is 39.0 Å². The standard InChI is InChI=1S/C25H37FN2OSi/c1-18-8-7-9-20-21(28-17-27-16-22(28)23(18)20)12-15-25(26)13-10-19(11-14-25)29-30(5,6)24(2,3)4/h7-9,16-17,19,21H,10-15H2,1-6H3/p+1. The van der Waals surface area contributed by atoms with Crippen molar-refractivity contribution in [1.29, 1.82) is 0 Å². The lowest BCUT2D eigenvalue weighted by molar-refractivity contribution is -0.697. The Hall–Kier alpha value is -1.46. The molecule has 1 unspecified atom stereocenters.